The SMILES string of the molecule is Cn1nc(-c2ccccc2Cl)cc1C(=O)NCc1cccc(C(F)(F)F)c1. The third kappa shape index (κ3) is 4.31. The third-order valence-electron chi connectivity index (χ3n) is 3.97. The first-order valence-corrected chi connectivity index (χ1v) is 8.37. The van der Waals surface area contributed by atoms with Gasteiger partial charge in [-0.15, -0.1) is 0 Å². The van der Waals surface area contributed by atoms with Crippen molar-refractivity contribution in [3.63, 3.8) is 0 Å². The summed E-state index contributed by atoms with van der Waals surface area (Å²) >= 11 is 6.15. The van der Waals surface area contributed by atoms with Gasteiger partial charge in [-0.05, 0) is 29.8 Å². The minimum Gasteiger partial charge on any atom is -0.347 e. The van der Waals surface area contributed by atoms with E-state index in [1.807, 2.05) is 6.07 Å². The largest absolute Gasteiger partial charge is 0.416 e. The van der Waals surface area contributed by atoms with Crippen molar-refractivity contribution in [1.29, 1.82) is 0 Å². The van der Waals surface area contributed by atoms with Gasteiger partial charge < -0.3 is 5.32 Å². The average Bonchev–Trinajstić information content (AvgIpc) is 3.01. The molecule has 2 aromatic carbocycles. The molecule has 8 heteroatoms. The molecule has 3 aromatic rings. The van der Waals surface area contributed by atoms with Crippen molar-refractivity contribution in [2.45, 2.75) is 12.7 Å². The number of hydrogen-bond acceptors (Lipinski definition) is 2. The summed E-state index contributed by atoms with van der Waals surface area (Å²) in [5, 5.41) is 7.41. The fourth-order valence-corrected chi connectivity index (χ4v) is 2.84. The van der Waals surface area contributed by atoms with Gasteiger partial charge in [0.2, 0.25) is 0 Å². The Labute approximate surface area is 158 Å². The van der Waals surface area contributed by atoms with Crippen LogP contribution in [-0.2, 0) is 19.8 Å². The molecule has 0 bridgehead atoms. The molecule has 0 aliphatic heterocycles. The van der Waals surface area contributed by atoms with E-state index in [1.54, 1.807) is 31.3 Å². The highest BCUT2D eigenvalue weighted by molar-refractivity contribution is 6.33. The first-order chi connectivity index (χ1) is 12.8. The minimum atomic E-state index is -4.42. The number of aromatic nitrogens is 2. The second kappa shape index (κ2) is 7.44. The van der Waals surface area contributed by atoms with Gasteiger partial charge in [-0.25, -0.2) is 0 Å². The molecule has 0 aliphatic carbocycles. The summed E-state index contributed by atoms with van der Waals surface area (Å²) in [6.45, 7) is -0.0324. The lowest BCUT2D eigenvalue weighted by molar-refractivity contribution is -0.137. The van der Waals surface area contributed by atoms with Crippen LogP contribution in [0.1, 0.15) is 21.6 Å². The van der Waals surface area contributed by atoms with Crippen LogP contribution < -0.4 is 5.32 Å². The zero-order valence-corrected chi connectivity index (χ0v) is 15.0. The van der Waals surface area contributed by atoms with Crippen LogP contribution in [0.4, 0.5) is 13.2 Å². The molecule has 1 amide bonds. The molecule has 0 saturated heterocycles. The molecule has 0 aliphatic rings. The molecule has 0 spiro atoms. The van der Waals surface area contributed by atoms with E-state index in [1.165, 1.54) is 16.8 Å². The van der Waals surface area contributed by atoms with Gasteiger partial charge in [0, 0.05) is 19.2 Å². The van der Waals surface area contributed by atoms with Gasteiger partial charge in [-0.1, -0.05) is 41.9 Å². The highest BCUT2D eigenvalue weighted by Gasteiger charge is 2.30. The number of alkyl halides is 3. The Morgan fingerprint density at radius 1 is 1.15 bits per heavy atom. The lowest BCUT2D eigenvalue weighted by Crippen LogP contribution is -2.25. The van der Waals surface area contributed by atoms with E-state index in [2.05, 4.69) is 10.4 Å². The van der Waals surface area contributed by atoms with E-state index in [0.717, 1.165) is 12.1 Å². The van der Waals surface area contributed by atoms with Gasteiger partial charge in [0.25, 0.3) is 5.91 Å². The smallest absolute Gasteiger partial charge is 0.347 e. The highest BCUT2D eigenvalue weighted by Crippen LogP contribution is 2.29. The summed E-state index contributed by atoms with van der Waals surface area (Å²) in [7, 11) is 1.61. The van der Waals surface area contributed by atoms with Crippen LogP contribution in [0.2, 0.25) is 5.02 Å². The molecule has 0 saturated carbocycles. The van der Waals surface area contributed by atoms with E-state index in [9.17, 15) is 18.0 Å². The molecule has 3 rings (SSSR count). The standard InChI is InChI=1S/C19H15ClF3N3O/c1-26-17(10-16(25-26)14-7-2-3-8-15(14)20)18(27)24-11-12-5-4-6-13(9-12)19(21,22)23/h2-10H,11H2,1H3,(H,24,27). The molecule has 1 aromatic heterocycles. The molecule has 27 heavy (non-hydrogen) atoms. The fourth-order valence-electron chi connectivity index (χ4n) is 2.61. The Hall–Kier alpha value is -2.80. The predicted octanol–water partition coefficient (Wildman–Crippen LogP) is 4.69. The second-order valence-electron chi connectivity index (χ2n) is 5.90. The lowest BCUT2D eigenvalue weighted by Gasteiger charge is -2.09. The molecule has 0 fully saturated rings. The Morgan fingerprint density at radius 3 is 2.59 bits per heavy atom. The minimum absolute atomic E-state index is 0.0324. The van der Waals surface area contributed by atoms with Crippen LogP contribution in [0, 0.1) is 0 Å². The molecular formula is C19H15ClF3N3O. The predicted molar refractivity (Wildman–Crippen MR) is 96.3 cm³/mol. The molecule has 140 valence electrons. The van der Waals surface area contributed by atoms with Crippen molar-refractivity contribution in [2.75, 3.05) is 0 Å². The zero-order valence-electron chi connectivity index (χ0n) is 14.2. The van der Waals surface area contributed by atoms with Gasteiger partial charge in [0.05, 0.1) is 16.3 Å². The summed E-state index contributed by atoms with van der Waals surface area (Å²) in [5.41, 5.74) is 1.10. The summed E-state index contributed by atoms with van der Waals surface area (Å²) in [6, 6.07) is 13.5. The van der Waals surface area contributed by atoms with Crippen LogP contribution >= 0.6 is 11.6 Å². The zero-order chi connectivity index (χ0) is 19.6. The maximum Gasteiger partial charge on any atom is 0.416 e. The van der Waals surface area contributed by atoms with Crippen molar-refractivity contribution in [3.05, 3.63) is 76.4 Å². The van der Waals surface area contributed by atoms with Crippen LogP contribution in [0.3, 0.4) is 0 Å². The number of nitrogens with one attached hydrogen (secondary N) is 1. The van der Waals surface area contributed by atoms with Crippen LogP contribution in [-0.4, -0.2) is 15.7 Å². The fraction of sp³-hybridized carbons (Fsp3) is 0.158. The second-order valence-corrected chi connectivity index (χ2v) is 6.31. The molecular weight excluding hydrogens is 379 g/mol. The normalized spacial score (nSPS) is 11.4. The number of hydrogen-bond donors (Lipinski definition) is 1. The Kier molecular flexibility index (Phi) is 5.23. The molecule has 0 atom stereocenters. The number of rotatable bonds is 4. The number of amides is 1. The van der Waals surface area contributed by atoms with E-state index in [0.29, 0.717) is 21.8 Å². The van der Waals surface area contributed by atoms with Gasteiger partial charge in [0.1, 0.15) is 5.69 Å². The van der Waals surface area contributed by atoms with E-state index >= 15 is 0 Å². The first-order valence-electron chi connectivity index (χ1n) is 7.99. The topological polar surface area (TPSA) is 46.9 Å². The van der Waals surface area contributed by atoms with Crippen LogP contribution in [0.15, 0.2) is 54.6 Å². The monoisotopic (exact) mass is 393 g/mol. The van der Waals surface area contributed by atoms with Gasteiger partial charge in [-0.3, -0.25) is 9.48 Å². The third-order valence-corrected chi connectivity index (χ3v) is 4.30. The number of nitrogens with zero attached hydrogens (tertiary/aromatic N) is 2. The number of carbonyl (C=O) groups is 1. The van der Waals surface area contributed by atoms with Crippen molar-refractivity contribution < 1.29 is 18.0 Å². The summed E-state index contributed by atoms with van der Waals surface area (Å²) in [5.74, 6) is -0.444. The Bertz CT molecular complexity index is 982. The van der Waals surface area contributed by atoms with Crippen LogP contribution in [0.5, 0.6) is 0 Å². The maximum absolute atomic E-state index is 12.8. The summed E-state index contributed by atoms with van der Waals surface area (Å²) in [6.07, 6.45) is -4.42. The number of benzene rings is 2. The van der Waals surface area contributed by atoms with E-state index < -0.39 is 17.6 Å². The van der Waals surface area contributed by atoms with Crippen molar-refractivity contribution in [2.24, 2.45) is 7.05 Å². The Morgan fingerprint density at radius 2 is 1.89 bits per heavy atom. The lowest BCUT2D eigenvalue weighted by atomic mass is 10.1. The summed E-state index contributed by atoms with van der Waals surface area (Å²) in [4.78, 5) is 12.4. The number of aryl methyl sites for hydroxylation is 1. The average molecular weight is 394 g/mol. The molecule has 1 N–H and O–H groups in total. The first kappa shape index (κ1) is 19.0. The molecule has 0 unspecified atom stereocenters. The van der Waals surface area contributed by atoms with Crippen LogP contribution in [0.25, 0.3) is 11.3 Å². The van der Waals surface area contributed by atoms with Crippen molar-refractivity contribution in [1.82, 2.24) is 15.1 Å². The number of carbonyl (C=O) groups excluding carboxylic acids is 1. The van der Waals surface area contributed by atoms with Crippen molar-refractivity contribution >= 4 is 17.5 Å². The molecule has 0 radical (unpaired) electrons. The van der Waals surface area contributed by atoms with Gasteiger partial charge in [-0.2, -0.15) is 18.3 Å². The Balaban J connectivity index is 1.75. The number of halogens is 4. The van der Waals surface area contributed by atoms with Crippen molar-refractivity contribution in [3.8, 4) is 11.3 Å². The maximum atomic E-state index is 12.8. The quantitative estimate of drug-likeness (QED) is 0.699. The molecule has 4 nitrogen and oxygen atoms in total. The van der Waals surface area contributed by atoms with Gasteiger partial charge in [0.15, 0.2) is 0 Å². The van der Waals surface area contributed by atoms with Gasteiger partial charge >= 0.3 is 6.18 Å². The molecule has 1 heterocycles. The van der Waals surface area contributed by atoms with E-state index in [4.69, 9.17) is 11.6 Å². The highest BCUT2D eigenvalue weighted by atomic mass is 35.5. The summed E-state index contributed by atoms with van der Waals surface area (Å²) < 4.78 is 39.7. The van der Waals surface area contributed by atoms with E-state index in [-0.39, 0.29) is 12.2 Å².